The largest absolute Gasteiger partial charge is 0.369 e. The molecule has 0 atom stereocenters. The number of nitrogens with zero attached hydrogens (tertiary/aromatic N) is 2. The van der Waals surface area contributed by atoms with E-state index in [0.717, 1.165) is 24.9 Å². The Kier molecular flexibility index (Phi) is 8.57. The van der Waals surface area contributed by atoms with Gasteiger partial charge in [-0.25, -0.2) is 8.42 Å². The van der Waals surface area contributed by atoms with E-state index in [1.165, 1.54) is 19.3 Å². The van der Waals surface area contributed by atoms with E-state index in [1.807, 2.05) is 12.1 Å². The number of piperazine rings is 1. The molecule has 1 aromatic carbocycles. The van der Waals surface area contributed by atoms with Crippen LogP contribution in [0, 0.1) is 0 Å². The summed E-state index contributed by atoms with van der Waals surface area (Å²) in [7, 11) is -1.54. The van der Waals surface area contributed by atoms with Crippen molar-refractivity contribution >= 4 is 21.6 Å². The third-order valence-corrected chi connectivity index (χ3v) is 7.07. The van der Waals surface area contributed by atoms with Gasteiger partial charge in [0.25, 0.3) is 5.91 Å². The van der Waals surface area contributed by atoms with E-state index in [1.54, 1.807) is 23.5 Å². The molecule has 1 aromatic rings. The van der Waals surface area contributed by atoms with Crippen LogP contribution >= 0.6 is 0 Å². The minimum atomic E-state index is -3.15. The summed E-state index contributed by atoms with van der Waals surface area (Å²) in [4.78, 5) is 13.8. The molecule has 0 radical (unpaired) electrons. The number of amides is 1. The zero-order valence-corrected chi connectivity index (χ0v) is 17.4. The topological polar surface area (TPSA) is 69.7 Å². The van der Waals surface area contributed by atoms with E-state index in [4.69, 9.17) is 0 Å². The first-order chi connectivity index (χ1) is 13.0. The average molecular weight is 396 g/mol. The number of carbonyl (C=O) groups is 1. The van der Waals surface area contributed by atoms with Crippen molar-refractivity contribution < 1.29 is 13.2 Å². The molecule has 0 saturated carbocycles. The fraction of sp³-hybridized carbons (Fsp3) is 0.650. The third-order valence-electron chi connectivity index (χ3n) is 5.11. The predicted molar refractivity (Wildman–Crippen MR) is 111 cm³/mol. The molecule has 6 nitrogen and oxygen atoms in total. The maximum absolute atomic E-state index is 12.5. The lowest BCUT2D eigenvalue weighted by Crippen LogP contribution is -2.49. The van der Waals surface area contributed by atoms with Crippen LogP contribution in [0.3, 0.4) is 0 Å². The van der Waals surface area contributed by atoms with Crippen LogP contribution in [0.25, 0.3) is 0 Å². The standard InChI is InChI=1S/C20H33N3O3S/c1-3-4-5-6-7-8-17-27(25,26)23-15-13-22(14-16-23)19-11-9-18(10-12-19)20(24)21-2/h9-12H,3-8,13-17H2,1-2H3,(H,21,24). The number of nitrogens with one attached hydrogen (secondary N) is 1. The van der Waals surface area contributed by atoms with Gasteiger partial charge in [-0.1, -0.05) is 39.0 Å². The second kappa shape index (κ2) is 10.7. The molecule has 2 rings (SSSR count). The van der Waals surface area contributed by atoms with Crippen molar-refractivity contribution in [1.82, 2.24) is 9.62 Å². The first kappa shape index (κ1) is 21.7. The molecule has 1 aliphatic rings. The highest BCUT2D eigenvalue weighted by molar-refractivity contribution is 7.89. The lowest BCUT2D eigenvalue weighted by atomic mass is 10.1. The molecule has 1 fully saturated rings. The van der Waals surface area contributed by atoms with E-state index in [-0.39, 0.29) is 11.7 Å². The molecule has 1 saturated heterocycles. The van der Waals surface area contributed by atoms with Gasteiger partial charge in [-0.05, 0) is 30.7 Å². The predicted octanol–water partition coefficient (Wildman–Crippen LogP) is 2.86. The number of sulfonamides is 1. The number of hydrogen-bond donors (Lipinski definition) is 1. The van der Waals surface area contributed by atoms with E-state index >= 15 is 0 Å². The Hall–Kier alpha value is -1.60. The van der Waals surface area contributed by atoms with Gasteiger partial charge in [-0.15, -0.1) is 0 Å². The molecule has 0 unspecified atom stereocenters. The molecule has 1 N–H and O–H groups in total. The molecular weight excluding hydrogens is 362 g/mol. The van der Waals surface area contributed by atoms with Gasteiger partial charge in [0, 0.05) is 44.5 Å². The highest BCUT2D eigenvalue weighted by atomic mass is 32.2. The van der Waals surface area contributed by atoms with Crippen molar-refractivity contribution in [3.63, 3.8) is 0 Å². The molecule has 0 bridgehead atoms. The van der Waals surface area contributed by atoms with Crippen LogP contribution in [-0.2, 0) is 10.0 Å². The lowest BCUT2D eigenvalue weighted by molar-refractivity contribution is 0.0963. The van der Waals surface area contributed by atoms with Crippen LogP contribution < -0.4 is 10.2 Å². The summed E-state index contributed by atoms with van der Waals surface area (Å²) in [5.74, 6) is 0.159. The molecule has 1 aliphatic heterocycles. The van der Waals surface area contributed by atoms with E-state index in [0.29, 0.717) is 31.7 Å². The fourth-order valence-electron chi connectivity index (χ4n) is 3.39. The Bertz CT molecular complexity index is 681. The van der Waals surface area contributed by atoms with Crippen LogP contribution in [0.5, 0.6) is 0 Å². The Labute approximate surface area is 164 Å². The number of benzene rings is 1. The Balaban J connectivity index is 1.79. The van der Waals surface area contributed by atoms with Crippen molar-refractivity contribution in [3.05, 3.63) is 29.8 Å². The van der Waals surface area contributed by atoms with Gasteiger partial charge >= 0.3 is 0 Å². The van der Waals surface area contributed by atoms with E-state index in [2.05, 4.69) is 17.1 Å². The quantitative estimate of drug-likeness (QED) is 0.619. The first-order valence-corrected chi connectivity index (χ1v) is 11.6. The van der Waals surface area contributed by atoms with Gasteiger partial charge in [0.2, 0.25) is 10.0 Å². The number of anilines is 1. The van der Waals surface area contributed by atoms with E-state index in [9.17, 15) is 13.2 Å². The molecule has 1 heterocycles. The summed E-state index contributed by atoms with van der Waals surface area (Å²) in [6, 6.07) is 7.45. The Morgan fingerprint density at radius 3 is 2.15 bits per heavy atom. The first-order valence-electron chi connectivity index (χ1n) is 10.0. The summed E-state index contributed by atoms with van der Waals surface area (Å²) >= 11 is 0. The van der Waals surface area contributed by atoms with Crippen LogP contribution in [0.2, 0.25) is 0 Å². The normalized spacial score (nSPS) is 15.7. The maximum Gasteiger partial charge on any atom is 0.251 e. The van der Waals surface area contributed by atoms with Gasteiger partial charge < -0.3 is 10.2 Å². The number of hydrogen-bond acceptors (Lipinski definition) is 4. The third kappa shape index (κ3) is 6.50. The summed E-state index contributed by atoms with van der Waals surface area (Å²) in [6.07, 6.45) is 6.52. The number of unbranched alkanes of at least 4 members (excludes halogenated alkanes) is 5. The minimum absolute atomic E-state index is 0.104. The number of carbonyl (C=O) groups excluding carboxylic acids is 1. The highest BCUT2D eigenvalue weighted by Gasteiger charge is 2.26. The SMILES string of the molecule is CCCCCCCCS(=O)(=O)N1CCN(c2ccc(C(=O)NC)cc2)CC1. The summed E-state index contributed by atoms with van der Waals surface area (Å²) in [5.41, 5.74) is 1.65. The highest BCUT2D eigenvalue weighted by Crippen LogP contribution is 2.19. The second-order valence-corrected chi connectivity index (χ2v) is 9.18. The van der Waals surface area contributed by atoms with Crippen LogP contribution in [0.1, 0.15) is 55.8 Å². The molecule has 27 heavy (non-hydrogen) atoms. The Morgan fingerprint density at radius 1 is 0.963 bits per heavy atom. The van der Waals surface area contributed by atoms with Crippen molar-refractivity contribution in [3.8, 4) is 0 Å². The monoisotopic (exact) mass is 395 g/mol. The van der Waals surface area contributed by atoms with Gasteiger partial charge in [0.05, 0.1) is 5.75 Å². The maximum atomic E-state index is 12.5. The van der Waals surface area contributed by atoms with Gasteiger partial charge in [-0.2, -0.15) is 4.31 Å². The van der Waals surface area contributed by atoms with E-state index < -0.39 is 10.0 Å². The van der Waals surface area contributed by atoms with Crippen LogP contribution in [0.4, 0.5) is 5.69 Å². The lowest BCUT2D eigenvalue weighted by Gasteiger charge is -2.35. The molecule has 1 amide bonds. The second-order valence-electron chi connectivity index (χ2n) is 7.10. The van der Waals surface area contributed by atoms with Crippen molar-refractivity contribution in [2.24, 2.45) is 0 Å². The zero-order valence-electron chi connectivity index (χ0n) is 16.6. The van der Waals surface area contributed by atoms with Crippen LogP contribution in [0.15, 0.2) is 24.3 Å². The molecular formula is C20H33N3O3S. The molecule has 0 spiro atoms. The zero-order chi connectivity index (χ0) is 19.7. The Morgan fingerprint density at radius 2 is 1.56 bits per heavy atom. The molecule has 152 valence electrons. The summed E-state index contributed by atoms with van der Waals surface area (Å²) in [6.45, 7) is 4.58. The smallest absolute Gasteiger partial charge is 0.251 e. The fourth-order valence-corrected chi connectivity index (χ4v) is 4.93. The van der Waals surface area contributed by atoms with Gasteiger partial charge in [0.15, 0.2) is 0 Å². The summed E-state index contributed by atoms with van der Waals surface area (Å²) in [5, 5.41) is 2.61. The van der Waals surface area contributed by atoms with Crippen molar-refractivity contribution in [1.29, 1.82) is 0 Å². The average Bonchev–Trinajstić information content (AvgIpc) is 2.70. The van der Waals surface area contributed by atoms with Gasteiger partial charge in [0.1, 0.15) is 0 Å². The summed E-state index contributed by atoms with van der Waals surface area (Å²) < 4.78 is 26.7. The van der Waals surface area contributed by atoms with Crippen molar-refractivity contribution in [2.75, 3.05) is 43.9 Å². The number of rotatable bonds is 10. The van der Waals surface area contributed by atoms with Gasteiger partial charge in [-0.3, -0.25) is 4.79 Å². The minimum Gasteiger partial charge on any atom is -0.369 e. The molecule has 0 aliphatic carbocycles. The van der Waals surface area contributed by atoms with Crippen molar-refractivity contribution in [2.45, 2.75) is 45.4 Å². The van der Waals surface area contributed by atoms with Crippen LogP contribution in [-0.4, -0.2) is 57.6 Å². The molecule has 7 heteroatoms. The molecule has 0 aromatic heterocycles.